The summed E-state index contributed by atoms with van der Waals surface area (Å²) in [5, 5.41) is 0. The molecule has 0 aromatic heterocycles. The van der Waals surface area contributed by atoms with E-state index < -0.39 is 11.7 Å². The molecule has 138 valence electrons. The average Bonchev–Trinajstić information content (AvgIpc) is 2.62. The number of nitrogens with zero attached hydrogens (tertiary/aromatic N) is 2. The molecule has 0 bridgehead atoms. The fourth-order valence-electron chi connectivity index (χ4n) is 3.08. The van der Waals surface area contributed by atoms with Gasteiger partial charge in [0.25, 0.3) is 5.91 Å². The summed E-state index contributed by atoms with van der Waals surface area (Å²) in [7, 11) is 0. The third kappa shape index (κ3) is 4.53. The van der Waals surface area contributed by atoms with Crippen LogP contribution in [0, 0.1) is 5.82 Å². The van der Waals surface area contributed by atoms with Crippen LogP contribution in [-0.4, -0.2) is 50.1 Å². The number of anilines is 1. The first-order chi connectivity index (χ1) is 12.5. The highest BCUT2D eigenvalue weighted by atomic mass is 79.9. The number of benzene rings is 2. The minimum Gasteiger partial charge on any atom is -0.492 e. The third-order valence-corrected chi connectivity index (χ3v) is 4.87. The second-order valence-electron chi connectivity index (χ2n) is 6.14. The molecule has 26 heavy (non-hydrogen) atoms. The molecule has 5 nitrogen and oxygen atoms in total. The molecule has 0 spiro atoms. The second kappa shape index (κ2) is 8.51. The summed E-state index contributed by atoms with van der Waals surface area (Å²) in [6, 6.07) is 12.7. The quantitative estimate of drug-likeness (QED) is 0.778. The zero-order valence-corrected chi connectivity index (χ0v) is 15.9. The van der Waals surface area contributed by atoms with Gasteiger partial charge in [0.1, 0.15) is 18.2 Å². The zero-order chi connectivity index (χ0) is 18.5. The van der Waals surface area contributed by atoms with E-state index in [1.165, 1.54) is 6.07 Å². The molecule has 0 aliphatic carbocycles. The van der Waals surface area contributed by atoms with Crippen LogP contribution in [0.3, 0.4) is 0 Å². The molecule has 1 heterocycles. The normalized spacial score (nSPS) is 15.1. The maximum absolute atomic E-state index is 14.1. The Labute approximate surface area is 160 Å². The van der Waals surface area contributed by atoms with Crippen molar-refractivity contribution in [2.75, 3.05) is 44.2 Å². The van der Waals surface area contributed by atoms with E-state index in [4.69, 9.17) is 10.5 Å². The van der Waals surface area contributed by atoms with E-state index in [1.807, 2.05) is 35.2 Å². The number of primary amides is 1. The van der Waals surface area contributed by atoms with Crippen molar-refractivity contribution >= 4 is 27.5 Å². The first-order valence-electron chi connectivity index (χ1n) is 8.48. The molecule has 1 saturated heterocycles. The lowest BCUT2D eigenvalue weighted by Gasteiger charge is -2.36. The summed E-state index contributed by atoms with van der Waals surface area (Å²) in [6.07, 6.45) is 0. The second-order valence-corrected chi connectivity index (χ2v) is 7.05. The van der Waals surface area contributed by atoms with Gasteiger partial charge < -0.3 is 15.4 Å². The van der Waals surface area contributed by atoms with Crippen molar-refractivity contribution in [1.29, 1.82) is 0 Å². The van der Waals surface area contributed by atoms with Gasteiger partial charge >= 0.3 is 0 Å². The molecular weight excluding hydrogens is 401 g/mol. The summed E-state index contributed by atoms with van der Waals surface area (Å²) in [4.78, 5) is 15.9. The number of nitrogens with two attached hydrogens (primary N) is 1. The van der Waals surface area contributed by atoms with Crippen LogP contribution in [0.4, 0.5) is 10.1 Å². The van der Waals surface area contributed by atoms with Gasteiger partial charge in [-0.2, -0.15) is 0 Å². The first kappa shape index (κ1) is 18.7. The molecule has 1 amide bonds. The molecule has 0 unspecified atom stereocenters. The van der Waals surface area contributed by atoms with Gasteiger partial charge in [0.2, 0.25) is 0 Å². The van der Waals surface area contributed by atoms with E-state index in [1.54, 1.807) is 6.07 Å². The van der Waals surface area contributed by atoms with Crippen molar-refractivity contribution < 1.29 is 13.9 Å². The number of halogens is 2. The third-order valence-electron chi connectivity index (χ3n) is 4.41. The largest absolute Gasteiger partial charge is 0.492 e. The average molecular weight is 422 g/mol. The lowest BCUT2D eigenvalue weighted by Crippen LogP contribution is -2.48. The lowest BCUT2D eigenvalue weighted by molar-refractivity contribution is 0.0996. The fourth-order valence-corrected chi connectivity index (χ4v) is 3.49. The van der Waals surface area contributed by atoms with Gasteiger partial charge in [0, 0.05) is 37.2 Å². The van der Waals surface area contributed by atoms with Crippen molar-refractivity contribution in [2.45, 2.75) is 0 Å². The minimum atomic E-state index is -0.747. The Kier molecular flexibility index (Phi) is 6.11. The maximum atomic E-state index is 14.1. The predicted molar refractivity (Wildman–Crippen MR) is 103 cm³/mol. The molecule has 1 aliphatic rings. The monoisotopic (exact) mass is 421 g/mol. The molecule has 2 aromatic rings. The number of hydrogen-bond acceptors (Lipinski definition) is 4. The van der Waals surface area contributed by atoms with Crippen LogP contribution in [0.5, 0.6) is 5.75 Å². The van der Waals surface area contributed by atoms with Gasteiger partial charge in [0.15, 0.2) is 0 Å². The molecule has 1 aliphatic heterocycles. The Bertz CT molecular complexity index is 765. The highest BCUT2D eigenvalue weighted by Gasteiger charge is 2.23. The van der Waals surface area contributed by atoms with Crippen molar-refractivity contribution in [3.8, 4) is 5.75 Å². The molecule has 0 atom stereocenters. The van der Waals surface area contributed by atoms with Gasteiger partial charge in [-0.25, -0.2) is 4.39 Å². The van der Waals surface area contributed by atoms with E-state index in [0.717, 1.165) is 25.4 Å². The van der Waals surface area contributed by atoms with E-state index >= 15 is 0 Å². The van der Waals surface area contributed by atoms with Crippen molar-refractivity contribution in [3.05, 3.63) is 58.3 Å². The number of carbonyl (C=O) groups is 1. The molecule has 3 rings (SSSR count). The maximum Gasteiger partial charge on any atom is 0.253 e. The van der Waals surface area contributed by atoms with E-state index in [9.17, 15) is 9.18 Å². The van der Waals surface area contributed by atoms with E-state index in [2.05, 4.69) is 20.8 Å². The zero-order valence-electron chi connectivity index (χ0n) is 14.3. The van der Waals surface area contributed by atoms with Gasteiger partial charge in [-0.3, -0.25) is 9.69 Å². The molecule has 2 aromatic carbocycles. The van der Waals surface area contributed by atoms with E-state index in [-0.39, 0.29) is 5.56 Å². The number of hydrogen-bond donors (Lipinski definition) is 1. The van der Waals surface area contributed by atoms with E-state index in [0.29, 0.717) is 29.9 Å². The molecule has 1 fully saturated rings. The highest BCUT2D eigenvalue weighted by molar-refractivity contribution is 9.10. The van der Waals surface area contributed by atoms with Crippen LogP contribution >= 0.6 is 15.9 Å². The number of rotatable bonds is 6. The SMILES string of the molecule is NC(=O)c1c(F)cc(Br)cc1N1CCN(CCOc2ccccc2)CC1. The topological polar surface area (TPSA) is 58.8 Å². The first-order valence-corrected chi connectivity index (χ1v) is 9.28. The number of carbonyl (C=O) groups excluding carboxylic acids is 1. The Morgan fingerprint density at radius 3 is 2.50 bits per heavy atom. The Hall–Kier alpha value is -2.12. The summed E-state index contributed by atoms with van der Waals surface area (Å²) in [6.45, 7) is 4.44. The lowest BCUT2D eigenvalue weighted by atomic mass is 10.1. The molecule has 2 N–H and O–H groups in total. The van der Waals surface area contributed by atoms with Crippen molar-refractivity contribution in [1.82, 2.24) is 4.90 Å². The van der Waals surface area contributed by atoms with Crippen LogP contribution in [0.25, 0.3) is 0 Å². The van der Waals surface area contributed by atoms with Crippen LogP contribution in [0.1, 0.15) is 10.4 Å². The Morgan fingerprint density at radius 1 is 1.15 bits per heavy atom. The number of piperazine rings is 1. The van der Waals surface area contributed by atoms with Crippen LogP contribution in [0.15, 0.2) is 46.9 Å². The predicted octanol–water partition coefficient (Wildman–Crippen LogP) is 2.89. The number of amides is 1. The highest BCUT2D eigenvalue weighted by Crippen LogP contribution is 2.28. The van der Waals surface area contributed by atoms with Gasteiger partial charge in [-0.1, -0.05) is 34.1 Å². The molecule has 7 heteroatoms. The van der Waals surface area contributed by atoms with Gasteiger partial charge in [-0.05, 0) is 24.3 Å². The summed E-state index contributed by atoms with van der Waals surface area (Å²) in [5.41, 5.74) is 5.87. The fraction of sp³-hybridized carbons (Fsp3) is 0.316. The molecule has 0 radical (unpaired) electrons. The minimum absolute atomic E-state index is 0.0472. The Balaban J connectivity index is 1.56. The standard InChI is InChI=1S/C19H21BrFN3O2/c20-14-12-16(21)18(19(22)25)17(13-14)24-8-6-23(7-9-24)10-11-26-15-4-2-1-3-5-15/h1-5,12-13H,6-11H2,(H2,22,25). The summed E-state index contributed by atoms with van der Waals surface area (Å²) >= 11 is 3.29. The smallest absolute Gasteiger partial charge is 0.253 e. The van der Waals surface area contributed by atoms with Crippen LogP contribution < -0.4 is 15.4 Å². The number of ether oxygens (including phenoxy) is 1. The molecular formula is C19H21BrFN3O2. The van der Waals surface area contributed by atoms with Crippen LogP contribution in [0.2, 0.25) is 0 Å². The van der Waals surface area contributed by atoms with Crippen molar-refractivity contribution in [3.63, 3.8) is 0 Å². The molecule has 0 saturated carbocycles. The summed E-state index contributed by atoms with van der Waals surface area (Å²) in [5.74, 6) is -0.480. The Morgan fingerprint density at radius 2 is 1.85 bits per heavy atom. The van der Waals surface area contributed by atoms with Crippen molar-refractivity contribution in [2.24, 2.45) is 5.73 Å². The summed E-state index contributed by atoms with van der Waals surface area (Å²) < 4.78 is 20.5. The van der Waals surface area contributed by atoms with Gasteiger partial charge in [-0.15, -0.1) is 0 Å². The van der Waals surface area contributed by atoms with Gasteiger partial charge in [0.05, 0.1) is 11.3 Å². The number of para-hydroxylation sites is 1. The van der Waals surface area contributed by atoms with Crippen LogP contribution in [-0.2, 0) is 0 Å².